The van der Waals surface area contributed by atoms with Gasteiger partial charge in [-0.3, -0.25) is 5.10 Å². The van der Waals surface area contributed by atoms with E-state index in [-0.39, 0.29) is 10.9 Å². The second-order valence-corrected chi connectivity index (χ2v) is 6.24. The Labute approximate surface area is 117 Å². The van der Waals surface area contributed by atoms with Gasteiger partial charge in [-0.2, -0.15) is 5.10 Å². The average Bonchev–Trinajstić information content (AvgIpc) is 2.88. The second-order valence-electron chi connectivity index (χ2n) is 4.56. The number of para-hydroxylation sites is 1. The van der Waals surface area contributed by atoms with Crippen molar-refractivity contribution < 1.29 is 8.42 Å². The Bertz CT molecular complexity index is 652. The molecule has 8 heteroatoms. The lowest BCUT2D eigenvalue weighted by molar-refractivity contribution is 0.570. The van der Waals surface area contributed by atoms with E-state index in [9.17, 15) is 8.42 Å². The van der Waals surface area contributed by atoms with Gasteiger partial charge in [0.05, 0.1) is 12.2 Å². The topological polar surface area (TPSA) is 99.8 Å². The largest absolute Gasteiger partial charge is 0.377 e. The summed E-state index contributed by atoms with van der Waals surface area (Å²) in [6.45, 7) is 3.93. The molecule has 0 fully saturated rings. The SMILES string of the molecule is CC(C)NS(=O)(=O)c1ccccc1NCc1ncn[nH]1. The van der Waals surface area contributed by atoms with Gasteiger partial charge in [0.2, 0.25) is 10.0 Å². The highest BCUT2D eigenvalue weighted by molar-refractivity contribution is 7.89. The van der Waals surface area contributed by atoms with Crippen molar-refractivity contribution in [3.63, 3.8) is 0 Å². The summed E-state index contributed by atoms with van der Waals surface area (Å²) < 4.78 is 27.0. The van der Waals surface area contributed by atoms with E-state index in [2.05, 4.69) is 25.2 Å². The normalized spacial score (nSPS) is 11.8. The Kier molecular flexibility index (Phi) is 4.35. The monoisotopic (exact) mass is 295 g/mol. The molecule has 0 saturated carbocycles. The number of sulfonamides is 1. The van der Waals surface area contributed by atoms with E-state index < -0.39 is 10.0 Å². The van der Waals surface area contributed by atoms with Gasteiger partial charge < -0.3 is 5.32 Å². The van der Waals surface area contributed by atoms with Crippen molar-refractivity contribution in [2.75, 3.05) is 5.32 Å². The summed E-state index contributed by atoms with van der Waals surface area (Å²) in [6, 6.07) is 6.58. The Balaban J connectivity index is 2.22. The van der Waals surface area contributed by atoms with E-state index in [0.29, 0.717) is 18.1 Å². The zero-order chi connectivity index (χ0) is 14.6. The van der Waals surface area contributed by atoms with E-state index in [0.717, 1.165) is 0 Å². The van der Waals surface area contributed by atoms with E-state index in [1.54, 1.807) is 38.1 Å². The fourth-order valence-electron chi connectivity index (χ4n) is 1.72. The van der Waals surface area contributed by atoms with Crippen LogP contribution in [0.3, 0.4) is 0 Å². The van der Waals surface area contributed by atoms with Gasteiger partial charge in [-0.1, -0.05) is 12.1 Å². The predicted octanol–water partition coefficient (Wildman–Crippen LogP) is 1.10. The smallest absolute Gasteiger partial charge is 0.242 e. The summed E-state index contributed by atoms with van der Waals surface area (Å²) in [5.74, 6) is 0.633. The average molecular weight is 295 g/mol. The molecule has 0 bridgehead atoms. The van der Waals surface area contributed by atoms with Crippen LogP contribution in [0.25, 0.3) is 0 Å². The number of nitrogens with one attached hydrogen (secondary N) is 3. The second kappa shape index (κ2) is 6.02. The minimum absolute atomic E-state index is 0.165. The summed E-state index contributed by atoms with van der Waals surface area (Å²) in [5.41, 5.74) is 0.525. The summed E-state index contributed by atoms with van der Waals surface area (Å²) in [4.78, 5) is 4.19. The fourth-order valence-corrected chi connectivity index (χ4v) is 3.15. The molecule has 0 aliphatic rings. The molecule has 2 aromatic rings. The lowest BCUT2D eigenvalue weighted by atomic mass is 10.3. The van der Waals surface area contributed by atoms with Crippen LogP contribution in [0.1, 0.15) is 19.7 Å². The van der Waals surface area contributed by atoms with Crippen LogP contribution in [0.15, 0.2) is 35.5 Å². The number of nitrogens with zero attached hydrogens (tertiary/aromatic N) is 2. The Morgan fingerprint density at radius 1 is 1.30 bits per heavy atom. The van der Waals surface area contributed by atoms with Gasteiger partial charge in [-0.15, -0.1) is 0 Å². The summed E-state index contributed by atoms with van der Waals surface area (Å²) >= 11 is 0. The van der Waals surface area contributed by atoms with Gasteiger partial charge in [0.1, 0.15) is 17.0 Å². The van der Waals surface area contributed by atoms with Crippen molar-refractivity contribution in [2.45, 2.75) is 31.3 Å². The maximum absolute atomic E-state index is 12.2. The van der Waals surface area contributed by atoms with Gasteiger partial charge >= 0.3 is 0 Å². The molecule has 0 aliphatic carbocycles. The molecule has 0 amide bonds. The molecule has 20 heavy (non-hydrogen) atoms. The standard InChI is InChI=1S/C12H17N5O2S/c1-9(2)17-20(18,19)11-6-4-3-5-10(11)13-7-12-14-8-15-16-12/h3-6,8-9,13,17H,7H2,1-2H3,(H,14,15,16). The first-order valence-electron chi connectivity index (χ1n) is 6.18. The molecule has 1 heterocycles. The molecule has 0 atom stereocenters. The predicted molar refractivity (Wildman–Crippen MR) is 75.6 cm³/mol. The van der Waals surface area contributed by atoms with E-state index >= 15 is 0 Å². The first-order chi connectivity index (χ1) is 9.49. The summed E-state index contributed by atoms with van der Waals surface area (Å²) in [7, 11) is -3.54. The van der Waals surface area contributed by atoms with Crippen LogP contribution in [0.5, 0.6) is 0 Å². The Hall–Kier alpha value is -1.93. The molecule has 1 aromatic carbocycles. The van der Waals surface area contributed by atoms with E-state index in [4.69, 9.17) is 0 Å². The lowest BCUT2D eigenvalue weighted by Crippen LogP contribution is -2.30. The van der Waals surface area contributed by atoms with Gasteiger partial charge in [-0.25, -0.2) is 18.1 Å². The van der Waals surface area contributed by atoms with E-state index in [1.165, 1.54) is 6.33 Å². The van der Waals surface area contributed by atoms with Crippen LogP contribution in [0, 0.1) is 0 Å². The number of hydrogen-bond acceptors (Lipinski definition) is 5. The molecule has 1 aromatic heterocycles. The third kappa shape index (κ3) is 3.55. The van der Waals surface area contributed by atoms with Crippen molar-refractivity contribution in [3.05, 3.63) is 36.4 Å². The maximum atomic E-state index is 12.2. The minimum atomic E-state index is -3.54. The molecule has 0 radical (unpaired) electrons. The zero-order valence-electron chi connectivity index (χ0n) is 11.3. The zero-order valence-corrected chi connectivity index (χ0v) is 12.1. The number of rotatable bonds is 6. The summed E-state index contributed by atoms with van der Waals surface area (Å²) in [6.07, 6.45) is 1.40. The molecule has 0 saturated heterocycles. The van der Waals surface area contributed by atoms with Crippen LogP contribution in [-0.2, 0) is 16.6 Å². The van der Waals surface area contributed by atoms with Crippen molar-refractivity contribution in [2.24, 2.45) is 0 Å². The van der Waals surface area contributed by atoms with Crippen LogP contribution in [-0.4, -0.2) is 29.6 Å². The first kappa shape index (κ1) is 14.5. The molecule has 2 rings (SSSR count). The van der Waals surface area contributed by atoms with Crippen molar-refractivity contribution in [1.82, 2.24) is 19.9 Å². The lowest BCUT2D eigenvalue weighted by Gasteiger charge is -2.14. The third-order valence-electron chi connectivity index (χ3n) is 2.48. The highest BCUT2D eigenvalue weighted by atomic mass is 32.2. The van der Waals surface area contributed by atoms with Crippen molar-refractivity contribution in [3.8, 4) is 0 Å². The molecular formula is C12H17N5O2S. The van der Waals surface area contributed by atoms with E-state index in [1.807, 2.05) is 0 Å². The van der Waals surface area contributed by atoms with Crippen LogP contribution >= 0.6 is 0 Å². The molecular weight excluding hydrogens is 278 g/mol. The van der Waals surface area contributed by atoms with Gasteiger partial charge in [-0.05, 0) is 26.0 Å². The number of aromatic amines is 1. The third-order valence-corrected chi connectivity index (χ3v) is 4.20. The Morgan fingerprint density at radius 2 is 2.05 bits per heavy atom. The number of hydrogen-bond donors (Lipinski definition) is 3. The van der Waals surface area contributed by atoms with Gasteiger partial charge in [0.25, 0.3) is 0 Å². The Morgan fingerprint density at radius 3 is 2.70 bits per heavy atom. The highest BCUT2D eigenvalue weighted by Gasteiger charge is 2.19. The molecule has 0 unspecified atom stereocenters. The van der Waals surface area contributed by atoms with Crippen molar-refractivity contribution >= 4 is 15.7 Å². The molecule has 0 aliphatic heterocycles. The molecule has 7 nitrogen and oxygen atoms in total. The van der Waals surface area contributed by atoms with Gasteiger partial charge in [0, 0.05) is 6.04 Å². The summed E-state index contributed by atoms with van der Waals surface area (Å²) in [5, 5.41) is 9.49. The van der Waals surface area contributed by atoms with Crippen LogP contribution in [0.2, 0.25) is 0 Å². The first-order valence-corrected chi connectivity index (χ1v) is 7.67. The molecule has 3 N–H and O–H groups in total. The number of anilines is 1. The number of benzene rings is 1. The number of H-pyrrole nitrogens is 1. The van der Waals surface area contributed by atoms with Crippen LogP contribution in [0.4, 0.5) is 5.69 Å². The van der Waals surface area contributed by atoms with Crippen molar-refractivity contribution in [1.29, 1.82) is 0 Å². The molecule has 0 spiro atoms. The maximum Gasteiger partial charge on any atom is 0.242 e. The van der Waals surface area contributed by atoms with Gasteiger partial charge in [0.15, 0.2) is 0 Å². The minimum Gasteiger partial charge on any atom is -0.377 e. The van der Waals surface area contributed by atoms with Crippen LogP contribution < -0.4 is 10.0 Å². The fraction of sp³-hybridized carbons (Fsp3) is 0.333. The highest BCUT2D eigenvalue weighted by Crippen LogP contribution is 2.21. The number of aromatic nitrogens is 3. The quantitative estimate of drug-likeness (QED) is 0.741. The molecule has 108 valence electrons.